The molecule has 112 valence electrons. The van der Waals surface area contributed by atoms with Gasteiger partial charge in [0.25, 0.3) is 0 Å². The maximum absolute atomic E-state index is 11.9. The van der Waals surface area contributed by atoms with E-state index < -0.39 is 0 Å². The minimum atomic E-state index is 0.151. The summed E-state index contributed by atoms with van der Waals surface area (Å²) in [7, 11) is 0. The average molecular weight is 279 g/mol. The number of nitrogens with zero attached hydrogens (tertiary/aromatic N) is 3. The number of nitrogens with two attached hydrogens (primary N) is 1. The maximum atomic E-state index is 11.9. The molecule has 20 heavy (non-hydrogen) atoms. The van der Waals surface area contributed by atoms with Crippen LogP contribution in [-0.2, 0) is 11.2 Å². The first-order valence-corrected chi connectivity index (χ1v) is 7.18. The summed E-state index contributed by atoms with van der Waals surface area (Å²) >= 11 is 0. The Morgan fingerprint density at radius 3 is 2.45 bits per heavy atom. The topological polar surface area (TPSA) is 84.1 Å². The Morgan fingerprint density at radius 2 is 1.90 bits per heavy atom. The van der Waals surface area contributed by atoms with Crippen LogP contribution in [0, 0.1) is 6.92 Å². The molecule has 0 radical (unpaired) electrons. The fourth-order valence-electron chi connectivity index (χ4n) is 1.93. The Kier molecular flexibility index (Phi) is 6.21. The quantitative estimate of drug-likeness (QED) is 0.792. The van der Waals surface area contributed by atoms with E-state index in [1.807, 2.05) is 32.6 Å². The molecule has 1 amide bonds. The van der Waals surface area contributed by atoms with Gasteiger partial charge in [0.05, 0.1) is 0 Å². The van der Waals surface area contributed by atoms with Gasteiger partial charge in [-0.15, -0.1) is 0 Å². The molecule has 0 aliphatic rings. The number of hydrogen-bond acceptors (Lipinski definition) is 5. The zero-order chi connectivity index (χ0) is 15.1. The highest BCUT2D eigenvalue weighted by atomic mass is 16.2. The van der Waals surface area contributed by atoms with Crippen LogP contribution in [0.5, 0.6) is 0 Å². The second-order valence-corrected chi connectivity index (χ2v) is 4.60. The summed E-state index contributed by atoms with van der Waals surface area (Å²) in [5, 5.41) is 3.18. The number of aryl methyl sites for hydroxylation is 1. The van der Waals surface area contributed by atoms with E-state index in [0.717, 1.165) is 30.9 Å². The van der Waals surface area contributed by atoms with Crippen molar-refractivity contribution in [2.75, 3.05) is 30.7 Å². The molecule has 0 bridgehead atoms. The first-order chi connectivity index (χ1) is 9.53. The molecular formula is C14H25N5O. The standard InChI is InChI=1S/C14H25N5O/c1-5-11-17-13(15)10(4)14(18-11)16-9-8-12(20)19(6-2)7-3/h5-9H2,1-4H3,(H3,15,16,17,18). The summed E-state index contributed by atoms with van der Waals surface area (Å²) in [6.45, 7) is 9.87. The Morgan fingerprint density at radius 1 is 1.25 bits per heavy atom. The highest BCUT2D eigenvalue weighted by Crippen LogP contribution is 2.17. The van der Waals surface area contributed by atoms with Crippen LogP contribution in [0.4, 0.5) is 11.6 Å². The van der Waals surface area contributed by atoms with Crippen LogP contribution in [-0.4, -0.2) is 40.4 Å². The summed E-state index contributed by atoms with van der Waals surface area (Å²) in [4.78, 5) is 22.3. The summed E-state index contributed by atoms with van der Waals surface area (Å²) in [6.07, 6.45) is 1.18. The molecule has 0 aliphatic carbocycles. The Balaban J connectivity index is 2.62. The predicted molar refractivity (Wildman–Crippen MR) is 81.6 cm³/mol. The SMILES string of the molecule is CCc1nc(N)c(C)c(NCCC(=O)N(CC)CC)n1. The molecule has 0 fully saturated rings. The molecule has 0 saturated heterocycles. The van der Waals surface area contributed by atoms with Crippen molar-refractivity contribution in [2.24, 2.45) is 0 Å². The Bertz CT molecular complexity index is 457. The highest BCUT2D eigenvalue weighted by Gasteiger charge is 2.11. The largest absolute Gasteiger partial charge is 0.383 e. The first-order valence-electron chi connectivity index (χ1n) is 7.18. The average Bonchev–Trinajstić information content (AvgIpc) is 2.44. The third-order valence-corrected chi connectivity index (χ3v) is 3.29. The lowest BCUT2D eigenvalue weighted by Gasteiger charge is -2.19. The van der Waals surface area contributed by atoms with Crippen LogP contribution in [0.2, 0.25) is 0 Å². The molecule has 0 unspecified atom stereocenters. The van der Waals surface area contributed by atoms with E-state index in [-0.39, 0.29) is 5.91 Å². The summed E-state index contributed by atoms with van der Waals surface area (Å²) in [5.41, 5.74) is 6.68. The van der Waals surface area contributed by atoms with Crippen LogP contribution in [0.25, 0.3) is 0 Å². The number of anilines is 2. The van der Waals surface area contributed by atoms with E-state index in [4.69, 9.17) is 5.73 Å². The molecule has 6 heteroatoms. The Hall–Kier alpha value is -1.85. The van der Waals surface area contributed by atoms with Crippen LogP contribution in [0.3, 0.4) is 0 Å². The molecule has 0 aliphatic heterocycles. The van der Waals surface area contributed by atoms with Crippen molar-refractivity contribution in [3.05, 3.63) is 11.4 Å². The van der Waals surface area contributed by atoms with Gasteiger partial charge in [-0.1, -0.05) is 6.92 Å². The molecule has 0 atom stereocenters. The smallest absolute Gasteiger partial charge is 0.224 e. The van der Waals surface area contributed by atoms with E-state index in [2.05, 4.69) is 15.3 Å². The monoisotopic (exact) mass is 279 g/mol. The zero-order valence-corrected chi connectivity index (χ0v) is 12.9. The summed E-state index contributed by atoms with van der Waals surface area (Å²) < 4.78 is 0. The van der Waals surface area contributed by atoms with Gasteiger partial charge in [0.15, 0.2) is 0 Å². The van der Waals surface area contributed by atoms with Crippen molar-refractivity contribution in [1.82, 2.24) is 14.9 Å². The van der Waals surface area contributed by atoms with E-state index in [9.17, 15) is 4.79 Å². The first kappa shape index (κ1) is 16.2. The van der Waals surface area contributed by atoms with Gasteiger partial charge in [0.1, 0.15) is 17.5 Å². The zero-order valence-electron chi connectivity index (χ0n) is 12.9. The Labute approximate surface area is 120 Å². The van der Waals surface area contributed by atoms with Gasteiger partial charge in [0, 0.05) is 38.0 Å². The molecule has 1 heterocycles. The van der Waals surface area contributed by atoms with E-state index >= 15 is 0 Å². The number of amides is 1. The van der Waals surface area contributed by atoms with Crippen molar-refractivity contribution >= 4 is 17.5 Å². The lowest BCUT2D eigenvalue weighted by atomic mass is 10.3. The molecule has 1 aromatic rings. The number of carbonyl (C=O) groups excluding carboxylic acids is 1. The molecule has 0 saturated carbocycles. The molecule has 6 nitrogen and oxygen atoms in total. The lowest BCUT2D eigenvalue weighted by molar-refractivity contribution is -0.130. The second kappa shape index (κ2) is 7.67. The fourth-order valence-corrected chi connectivity index (χ4v) is 1.93. The highest BCUT2D eigenvalue weighted by molar-refractivity contribution is 5.76. The van der Waals surface area contributed by atoms with Crippen molar-refractivity contribution in [1.29, 1.82) is 0 Å². The number of nitrogens with one attached hydrogen (secondary N) is 1. The number of nitrogen functional groups attached to an aromatic ring is 1. The number of carbonyl (C=O) groups is 1. The van der Waals surface area contributed by atoms with Crippen molar-refractivity contribution < 1.29 is 4.79 Å². The fraction of sp³-hybridized carbons (Fsp3) is 0.643. The van der Waals surface area contributed by atoms with E-state index in [0.29, 0.717) is 24.6 Å². The van der Waals surface area contributed by atoms with Crippen molar-refractivity contribution in [3.8, 4) is 0 Å². The molecule has 1 rings (SSSR count). The molecule has 3 N–H and O–H groups in total. The van der Waals surface area contributed by atoms with Gasteiger partial charge < -0.3 is 16.0 Å². The van der Waals surface area contributed by atoms with E-state index in [1.165, 1.54) is 0 Å². The van der Waals surface area contributed by atoms with Gasteiger partial charge in [0.2, 0.25) is 5.91 Å². The summed E-state index contributed by atoms with van der Waals surface area (Å²) in [6, 6.07) is 0. The normalized spacial score (nSPS) is 10.4. The molecular weight excluding hydrogens is 254 g/mol. The minimum absolute atomic E-state index is 0.151. The number of rotatable bonds is 7. The van der Waals surface area contributed by atoms with Crippen molar-refractivity contribution in [3.63, 3.8) is 0 Å². The molecule has 1 aromatic heterocycles. The van der Waals surface area contributed by atoms with Crippen LogP contribution < -0.4 is 11.1 Å². The molecule has 0 aromatic carbocycles. The van der Waals surface area contributed by atoms with Gasteiger partial charge in [-0.3, -0.25) is 4.79 Å². The lowest BCUT2D eigenvalue weighted by Crippen LogP contribution is -2.31. The van der Waals surface area contributed by atoms with Gasteiger partial charge in [-0.2, -0.15) is 0 Å². The number of aromatic nitrogens is 2. The van der Waals surface area contributed by atoms with E-state index in [1.54, 1.807) is 0 Å². The van der Waals surface area contributed by atoms with Crippen LogP contribution in [0.15, 0.2) is 0 Å². The van der Waals surface area contributed by atoms with Gasteiger partial charge in [-0.25, -0.2) is 9.97 Å². The third-order valence-electron chi connectivity index (χ3n) is 3.29. The summed E-state index contributed by atoms with van der Waals surface area (Å²) in [5.74, 6) is 2.08. The predicted octanol–water partition coefficient (Wildman–Crippen LogP) is 1.60. The van der Waals surface area contributed by atoms with Gasteiger partial charge in [-0.05, 0) is 20.8 Å². The number of hydrogen-bond donors (Lipinski definition) is 2. The molecule has 0 spiro atoms. The van der Waals surface area contributed by atoms with Crippen LogP contribution in [0.1, 0.15) is 38.6 Å². The maximum Gasteiger partial charge on any atom is 0.224 e. The minimum Gasteiger partial charge on any atom is -0.383 e. The third kappa shape index (κ3) is 4.08. The second-order valence-electron chi connectivity index (χ2n) is 4.60. The van der Waals surface area contributed by atoms with Crippen molar-refractivity contribution in [2.45, 2.75) is 40.5 Å². The van der Waals surface area contributed by atoms with Gasteiger partial charge >= 0.3 is 0 Å². The van der Waals surface area contributed by atoms with Crippen LogP contribution >= 0.6 is 0 Å².